The van der Waals surface area contributed by atoms with Gasteiger partial charge in [-0.05, 0) is 12.0 Å². The Bertz CT molecular complexity index is 480. The van der Waals surface area contributed by atoms with Gasteiger partial charge in [0, 0.05) is 19.6 Å². The van der Waals surface area contributed by atoms with Crippen molar-refractivity contribution in [2.75, 3.05) is 26.2 Å². The lowest BCUT2D eigenvalue weighted by molar-refractivity contribution is -0.262. The van der Waals surface area contributed by atoms with Gasteiger partial charge < -0.3 is 15.2 Å². The zero-order valence-corrected chi connectivity index (χ0v) is 11.8. The lowest BCUT2D eigenvalue weighted by atomic mass is 9.70. The van der Waals surface area contributed by atoms with Gasteiger partial charge in [-0.2, -0.15) is 0 Å². The second-order valence-corrected chi connectivity index (χ2v) is 5.93. The Morgan fingerprint density at radius 1 is 1.29 bits per heavy atom. The number of nitrogens with zero attached hydrogens (tertiary/aromatic N) is 1. The second kappa shape index (κ2) is 5.61. The minimum Gasteiger partial charge on any atom is -0.356 e. The van der Waals surface area contributed by atoms with Gasteiger partial charge in [0.05, 0.1) is 18.6 Å². The van der Waals surface area contributed by atoms with Gasteiger partial charge in [0.15, 0.2) is 0 Å². The molecule has 6 heteroatoms. The average molecular weight is 298 g/mol. The van der Waals surface area contributed by atoms with Crippen molar-refractivity contribution in [3.63, 3.8) is 0 Å². The minimum absolute atomic E-state index is 0.205. The molecule has 1 spiro atoms. The van der Waals surface area contributed by atoms with Crippen LogP contribution in [0, 0.1) is 5.41 Å². The van der Waals surface area contributed by atoms with Gasteiger partial charge in [0.1, 0.15) is 0 Å². The quantitative estimate of drug-likeness (QED) is 0.825. The molecule has 2 N–H and O–H groups in total. The zero-order chi connectivity index (χ0) is 14.9. The number of alkyl halides is 2. The molecule has 2 heterocycles. The molecule has 21 heavy (non-hydrogen) atoms. The maximum Gasteiger partial charge on any atom is 0.268 e. The Morgan fingerprint density at radius 3 is 2.57 bits per heavy atom. The van der Waals surface area contributed by atoms with Crippen LogP contribution < -0.4 is 5.32 Å². The Kier molecular flexibility index (Phi) is 3.96. The van der Waals surface area contributed by atoms with E-state index in [4.69, 9.17) is 4.74 Å². The summed E-state index contributed by atoms with van der Waals surface area (Å²) in [5, 5.41) is 12.9. The number of piperidine rings is 1. The van der Waals surface area contributed by atoms with Crippen LogP contribution in [0.3, 0.4) is 0 Å². The molecule has 0 radical (unpaired) electrons. The molecular weight excluding hydrogens is 278 g/mol. The summed E-state index contributed by atoms with van der Waals surface area (Å²) in [5.74, 6) is -2.80. The van der Waals surface area contributed by atoms with Gasteiger partial charge in [-0.3, -0.25) is 0 Å². The summed E-state index contributed by atoms with van der Waals surface area (Å²) >= 11 is 0. The van der Waals surface area contributed by atoms with Gasteiger partial charge in [-0.25, -0.2) is 13.7 Å². The zero-order valence-electron chi connectivity index (χ0n) is 11.8. The molecule has 0 bridgehead atoms. The Balaban J connectivity index is 1.55. The summed E-state index contributed by atoms with van der Waals surface area (Å²) in [4.78, 5) is 1.31. The first-order valence-corrected chi connectivity index (χ1v) is 7.19. The number of aliphatic hydroxyl groups is 1. The van der Waals surface area contributed by atoms with Crippen molar-refractivity contribution in [3.8, 4) is 0 Å². The fourth-order valence-corrected chi connectivity index (χ4v) is 2.94. The van der Waals surface area contributed by atoms with Gasteiger partial charge in [-0.15, -0.1) is 0 Å². The predicted octanol–water partition coefficient (Wildman–Crippen LogP) is 1.41. The summed E-state index contributed by atoms with van der Waals surface area (Å²) in [5.41, 5.74) is -0.0252. The topological polar surface area (TPSA) is 44.7 Å². The van der Waals surface area contributed by atoms with E-state index in [1.807, 2.05) is 30.3 Å². The third-order valence-electron chi connectivity index (χ3n) is 4.54. The first-order chi connectivity index (χ1) is 10.0. The first-order valence-electron chi connectivity index (χ1n) is 7.19. The molecule has 2 saturated heterocycles. The fraction of sp³-hybridized carbons (Fsp3) is 0.600. The van der Waals surface area contributed by atoms with Crippen LogP contribution in [0.15, 0.2) is 30.3 Å². The molecule has 0 aromatic heterocycles. The van der Waals surface area contributed by atoms with Crippen molar-refractivity contribution >= 4 is 0 Å². The van der Waals surface area contributed by atoms with Crippen LogP contribution >= 0.6 is 0 Å². The van der Waals surface area contributed by atoms with E-state index >= 15 is 0 Å². The van der Waals surface area contributed by atoms with E-state index in [2.05, 4.69) is 5.32 Å². The van der Waals surface area contributed by atoms with E-state index in [0.29, 0.717) is 26.1 Å². The number of rotatable bonds is 4. The van der Waals surface area contributed by atoms with Gasteiger partial charge >= 0.3 is 0 Å². The summed E-state index contributed by atoms with van der Waals surface area (Å²) in [6.45, 7) is 0.887. The van der Waals surface area contributed by atoms with Gasteiger partial charge in [0.2, 0.25) is 6.41 Å². The summed E-state index contributed by atoms with van der Waals surface area (Å²) < 4.78 is 33.8. The smallest absolute Gasteiger partial charge is 0.268 e. The highest BCUT2D eigenvalue weighted by atomic mass is 19.3. The number of nitrogens with one attached hydrogen (secondary N) is 1. The molecule has 1 unspecified atom stereocenters. The Labute approximate surface area is 122 Å². The molecule has 0 amide bonds. The molecule has 1 aromatic rings. The minimum atomic E-state index is -2.80. The highest BCUT2D eigenvalue weighted by Gasteiger charge is 2.60. The number of hydrogen-bond donors (Lipinski definition) is 2. The van der Waals surface area contributed by atoms with Crippen molar-refractivity contribution in [2.24, 2.45) is 5.41 Å². The monoisotopic (exact) mass is 298 g/mol. The summed E-state index contributed by atoms with van der Waals surface area (Å²) in [6.07, 6.45) is -0.917. The predicted molar refractivity (Wildman–Crippen MR) is 73.7 cm³/mol. The molecule has 2 aliphatic heterocycles. The third-order valence-corrected chi connectivity index (χ3v) is 4.54. The van der Waals surface area contributed by atoms with E-state index in [0.717, 1.165) is 5.56 Å². The number of ether oxygens (including phenoxy) is 1. The van der Waals surface area contributed by atoms with Crippen molar-refractivity contribution < 1.29 is 18.6 Å². The van der Waals surface area contributed by atoms with E-state index in [-0.39, 0.29) is 6.61 Å². The number of halogens is 2. The molecule has 3 rings (SSSR count). The van der Waals surface area contributed by atoms with Crippen LogP contribution in [0.4, 0.5) is 8.78 Å². The normalized spacial score (nSPS) is 25.5. The van der Waals surface area contributed by atoms with E-state index < -0.39 is 24.3 Å². The van der Waals surface area contributed by atoms with E-state index in [1.165, 1.54) is 4.90 Å². The van der Waals surface area contributed by atoms with Crippen LogP contribution in [0.5, 0.6) is 0 Å². The van der Waals surface area contributed by atoms with Crippen molar-refractivity contribution in [3.05, 3.63) is 35.9 Å². The van der Waals surface area contributed by atoms with E-state index in [1.54, 1.807) is 0 Å². The largest absolute Gasteiger partial charge is 0.356 e. The molecule has 0 aliphatic carbocycles. The molecule has 1 atom stereocenters. The number of aliphatic hydroxyl groups excluding tert-OH is 1. The standard InChI is InChI=1S/C15H20F2N2O2/c16-15(17)11-19(7-6-14(15)9-18-10-14)13(20)21-8-12-4-2-1-3-5-12/h1-5,13,18,20H,6-11H2. The van der Waals surface area contributed by atoms with E-state index in [9.17, 15) is 13.9 Å². The van der Waals surface area contributed by atoms with Gasteiger partial charge in [0.25, 0.3) is 5.92 Å². The lowest BCUT2D eigenvalue weighted by Crippen LogP contribution is -2.69. The number of hydrogen-bond acceptors (Lipinski definition) is 4. The Morgan fingerprint density at radius 2 is 2.00 bits per heavy atom. The van der Waals surface area contributed by atoms with Crippen molar-refractivity contribution in [1.29, 1.82) is 0 Å². The highest BCUT2D eigenvalue weighted by Crippen LogP contribution is 2.46. The average Bonchev–Trinajstić information content (AvgIpc) is 2.43. The third kappa shape index (κ3) is 2.81. The molecule has 1 aromatic carbocycles. The van der Waals surface area contributed by atoms with Crippen LogP contribution in [0.25, 0.3) is 0 Å². The fourth-order valence-electron chi connectivity index (χ4n) is 2.94. The molecule has 4 nitrogen and oxygen atoms in total. The lowest BCUT2D eigenvalue weighted by Gasteiger charge is -2.53. The van der Waals surface area contributed by atoms with Crippen LogP contribution in [0.2, 0.25) is 0 Å². The molecule has 0 saturated carbocycles. The van der Waals surface area contributed by atoms with Crippen LogP contribution in [-0.2, 0) is 11.3 Å². The maximum atomic E-state index is 14.2. The number of likely N-dealkylation sites (tertiary alicyclic amines) is 1. The molecule has 2 aliphatic rings. The van der Waals surface area contributed by atoms with Crippen molar-refractivity contribution in [2.45, 2.75) is 25.4 Å². The van der Waals surface area contributed by atoms with Gasteiger partial charge in [-0.1, -0.05) is 30.3 Å². The first kappa shape index (κ1) is 14.8. The summed E-state index contributed by atoms with van der Waals surface area (Å²) in [7, 11) is 0. The number of benzene rings is 1. The molecule has 2 fully saturated rings. The highest BCUT2D eigenvalue weighted by molar-refractivity contribution is 5.13. The second-order valence-electron chi connectivity index (χ2n) is 5.93. The van der Waals surface area contributed by atoms with Crippen LogP contribution in [-0.4, -0.2) is 48.5 Å². The maximum absolute atomic E-state index is 14.2. The molecular formula is C15H20F2N2O2. The SMILES string of the molecule is OC(OCc1ccccc1)N1CCC2(CNC2)C(F)(F)C1. The van der Waals surface area contributed by atoms with Crippen LogP contribution in [0.1, 0.15) is 12.0 Å². The Hall–Kier alpha value is -1.08. The molecule has 116 valence electrons. The van der Waals surface area contributed by atoms with Crippen molar-refractivity contribution in [1.82, 2.24) is 10.2 Å². The summed E-state index contributed by atoms with van der Waals surface area (Å²) in [6, 6.07) is 9.36.